The van der Waals surface area contributed by atoms with E-state index in [0.29, 0.717) is 19.4 Å². The Morgan fingerprint density at radius 3 is 2.86 bits per heavy atom. The maximum atomic E-state index is 11.5. The molecular weight excluding hydrogens is 180 g/mol. The van der Waals surface area contributed by atoms with Crippen LogP contribution in [0.4, 0.5) is 0 Å². The molecule has 0 bridgehead atoms. The van der Waals surface area contributed by atoms with E-state index in [1.54, 1.807) is 13.0 Å². The first-order valence-corrected chi connectivity index (χ1v) is 5.01. The van der Waals surface area contributed by atoms with E-state index in [9.17, 15) is 9.59 Å². The van der Waals surface area contributed by atoms with Crippen LogP contribution < -0.4 is 0 Å². The summed E-state index contributed by atoms with van der Waals surface area (Å²) in [4.78, 5) is 22.9. The van der Waals surface area contributed by atoms with Gasteiger partial charge in [0.05, 0.1) is 6.61 Å². The van der Waals surface area contributed by atoms with E-state index >= 15 is 0 Å². The van der Waals surface area contributed by atoms with Crippen molar-refractivity contribution < 1.29 is 14.3 Å². The molecule has 1 saturated carbocycles. The second kappa shape index (κ2) is 4.94. The standard InChI is InChI=1S/C11H16O3/c1-3-8-5-6-9(10(12)7-8)11(13)14-4-2/h3,8-9H,1,4-7H2,2H3/t8-,9-/m1/s1. The minimum Gasteiger partial charge on any atom is -0.465 e. The molecule has 1 aliphatic rings. The molecule has 2 atom stereocenters. The lowest BCUT2D eigenvalue weighted by Crippen LogP contribution is -2.31. The number of rotatable bonds is 3. The van der Waals surface area contributed by atoms with Crippen molar-refractivity contribution in [2.45, 2.75) is 26.2 Å². The van der Waals surface area contributed by atoms with Crippen molar-refractivity contribution in [2.24, 2.45) is 11.8 Å². The second-order valence-corrected chi connectivity index (χ2v) is 3.55. The summed E-state index contributed by atoms with van der Waals surface area (Å²) < 4.78 is 4.84. The number of carbonyl (C=O) groups excluding carboxylic acids is 2. The molecule has 0 spiro atoms. The van der Waals surface area contributed by atoms with Gasteiger partial charge in [0.2, 0.25) is 0 Å². The maximum Gasteiger partial charge on any atom is 0.316 e. The van der Waals surface area contributed by atoms with Gasteiger partial charge < -0.3 is 4.74 Å². The van der Waals surface area contributed by atoms with Crippen LogP contribution in [0.15, 0.2) is 12.7 Å². The van der Waals surface area contributed by atoms with Crippen molar-refractivity contribution >= 4 is 11.8 Å². The topological polar surface area (TPSA) is 43.4 Å². The van der Waals surface area contributed by atoms with Crippen molar-refractivity contribution in [2.75, 3.05) is 6.61 Å². The zero-order valence-electron chi connectivity index (χ0n) is 8.49. The second-order valence-electron chi connectivity index (χ2n) is 3.55. The van der Waals surface area contributed by atoms with Gasteiger partial charge in [-0.15, -0.1) is 6.58 Å². The van der Waals surface area contributed by atoms with Gasteiger partial charge in [-0.1, -0.05) is 6.08 Å². The number of Topliss-reactive ketones (excluding diaryl/α,β-unsaturated/α-hetero) is 1. The Balaban J connectivity index is 2.53. The van der Waals surface area contributed by atoms with Gasteiger partial charge in [0.25, 0.3) is 0 Å². The molecule has 0 aliphatic heterocycles. The highest BCUT2D eigenvalue weighted by atomic mass is 16.5. The number of hydrogen-bond donors (Lipinski definition) is 0. The number of ketones is 1. The summed E-state index contributed by atoms with van der Waals surface area (Å²) >= 11 is 0. The fourth-order valence-corrected chi connectivity index (χ4v) is 1.74. The molecule has 0 N–H and O–H groups in total. The van der Waals surface area contributed by atoms with Crippen molar-refractivity contribution in [3.8, 4) is 0 Å². The molecule has 0 aromatic rings. The monoisotopic (exact) mass is 196 g/mol. The van der Waals surface area contributed by atoms with Crippen molar-refractivity contribution in [3.05, 3.63) is 12.7 Å². The lowest BCUT2D eigenvalue weighted by molar-refractivity contribution is -0.153. The number of allylic oxidation sites excluding steroid dienone is 1. The highest BCUT2D eigenvalue weighted by Crippen LogP contribution is 2.27. The molecule has 1 fully saturated rings. The predicted molar refractivity (Wildman–Crippen MR) is 52.7 cm³/mol. The van der Waals surface area contributed by atoms with E-state index in [4.69, 9.17) is 4.74 Å². The molecule has 0 aromatic heterocycles. The van der Waals surface area contributed by atoms with Crippen LogP contribution in [-0.4, -0.2) is 18.4 Å². The molecule has 0 amide bonds. The Kier molecular flexibility index (Phi) is 3.86. The zero-order valence-corrected chi connectivity index (χ0v) is 8.49. The Bertz CT molecular complexity index is 245. The quantitative estimate of drug-likeness (QED) is 0.392. The summed E-state index contributed by atoms with van der Waals surface area (Å²) in [5.41, 5.74) is 0. The number of hydrogen-bond acceptors (Lipinski definition) is 3. The fourth-order valence-electron chi connectivity index (χ4n) is 1.74. The molecule has 3 nitrogen and oxygen atoms in total. The van der Waals surface area contributed by atoms with Crippen LogP contribution in [-0.2, 0) is 14.3 Å². The lowest BCUT2D eigenvalue weighted by atomic mass is 9.81. The van der Waals surface area contributed by atoms with E-state index in [2.05, 4.69) is 6.58 Å². The maximum absolute atomic E-state index is 11.5. The van der Waals surface area contributed by atoms with Crippen LogP contribution in [0.2, 0.25) is 0 Å². The van der Waals surface area contributed by atoms with Crippen LogP contribution in [0.5, 0.6) is 0 Å². The Morgan fingerprint density at radius 1 is 1.64 bits per heavy atom. The van der Waals surface area contributed by atoms with Gasteiger partial charge in [0.1, 0.15) is 11.7 Å². The number of esters is 1. The average Bonchev–Trinajstić information content (AvgIpc) is 2.17. The van der Waals surface area contributed by atoms with Gasteiger partial charge >= 0.3 is 5.97 Å². The van der Waals surface area contributed by atoms with E-state index in [0.717, 1.165) is 6.42 Å². The van der Waals surface area contributed by atoms with Crippen molar-refractivity contribution in [1.82, 2.24) is 0 Å². The SMILES string of the molecule is C=C[C@@H]1CC[C@@H](C(=O)OCC)C(=O)C1. The first-order valence-electron chi connectivity index (χ1n) is 5.01. The molecule has 1 rings (SSSR count). The summed E-state index contributed by atoms with van der Waals surface area (Å²) in [5.74, 6) is -0.640. The van der Waals surface area contributed by atoms with Crippen LogP contribution in [0, 0.1) is 11.8 Å². The predicted octanol–water partition coefficient (Wildman–Crippen LogP) is 1.72. The summed E-state index contributed by atoms with van der Waals surface area (Å²) in [5, 5.41) is 0. The molecule has 78 valence electrons. The van der Waals surface area contributed by atoms with E-state index in [1.807, 2.05) is 0 Å². The van der Waals surface area contributed by atoms with E-state index in [-0.39, 0.29) is 17.7 Å². The van der Waals surface area contributed by atoms with Gasteiger partial charge in [-0.2, -0.15) is 0 Å². The van der Waals surface area contributed by atoms with Crippen LogP contribution in [0.25, 0.3) is 0 Å². The Hall–Kier alpha value is -1.12. The Labute approximate surface area is 84.1 Å². The van der Waals surface area contributed by atoms with Gasteiger partial charge in [-0.25, -0.2) is 0 Å². The lowest BCUT2D eigenvalue weighted by Gasteiger charge is -2.23. The highest BCUT2D eigenvalue weighted by molar-refractivity contribution is 5.99. The first kappa shape index (κ1) is 11.0. The van der Waals surface area contributed by atoms with Crippen molar-refractivity contribution in [1.29, 1.82) is 0 Å². The minimum absolute atomic E-state index is 0.000370. The zero-order chi connectivity index (χ0) is 10.6. The van der Waals surface area contributed by atoms with Crippen LogP contribution in [0.3, 0.4) is 0 Å². The third kappa shape index (κ3) is 2.44. The minimum atomic E-state index is -0.522. The summed E-state index contributed by atoms with van der Waals surface area (Å²) in [7, 11) is 0. The third-order valence-electron chi connectivity index (χ3n) is 2.58. The summed E-state index contributed by atoms with van der Waals surface area (Å²) in [6.07, 6.45) is 3.69. The number of carbonyl (C=O) groups is 2. The van der Waals surface area contributed by atoms with Gasteiger partial charge in [-0.3, -0.25) is 9.59 Å². The molecule has 1 aliphatic carbocycles. The molecule has 3 heteroatoms. The van der Waals surface area contributed by atoms with E-state index < -0.39 is 5.92 Å². The average molecular weight is 196 g/mol. The molecular formula is C11H16O3. The normalized spacial score (nSPS) is 27.1. The highest BCUT2D eigenvalue weighted by Gasteiger charge is 2.33. The van der Waals surface area contributed by atoms with Gasteiger partial charge in [0.15, 0.2) is 0 Å². The van der Waals surface area contributed by atoms with Gasteiger partial charge in [0, 0.05) is 6.42 Å². The van der Waals surface area contributed by atoms with Gasteiger partial charge in [-0.05, 0) is 25.7 Å². The van der Waals surface area contributed by atoms with Crippen LogP contribution in [0.1, 0.15) is 26.2 Å². The van der Waals surface area contributed by atoms with Crippen molar-refractivity contribution in [3.63, 3.8) is 0 Å². The molecule has 0 heterocycles. The first-order chi connectivity index (χ1) is 6.69. The molecule has 14 heavy (non-hydrogen) atoms. The third-order valence-corrected chi connectivity index (χ3v) is 2.58. The summed E-state index contributed by atoms with van der Waals surface area (Å²) in [6.45, 7) is 5.75. The van der Waals surface area contributed by atoms with E-state index in [1.165, 1.54) is 0 Å². The largest absolute Gasteiger partial charge is 0.465 e. The fraction of sp³-hybridized carbons (Fsp3) is 0.636. The Morgan fingerprint density at radius 2 is 2.36 bits per heavy atom. The number of ether oxygens (including phenoxy) is 1. The smallest absolute Gasteiger partial charge is 0.316 e. The molecule has 0 aromatic carbocycles. The summed E-state index contributed by atoms with van der Waals surface area (Å²) in [6, 6.07) is 0. The molecule has 0 unspecified atom stereocenters. The van der Waals surface area contributed by atoms with Crippen LogP contribution >= 0.6 is 0 Å². The molecule has 0 radical (unpaired) electrons. The molecule has 0 saturated heterocycles.